The summed E-state index contributed by atoms with van der Waals surface area (Å²) in [5.74, 6) is 3.93. The zero-order chi connectivity index (χ0) is 15.2. The fraction of sp³-hybridized carbons (Fsp3) is 0.700. The number of rotatable bonds is 4. The van der Waals surface area contributed by atoms with Crippen LogP contribution in [0.1, 0.15) is 18.4 Å². The van der Waals surface area contributed by atoms with E-state index in [2.05, 4.69) is 45.4 Å². The predicted octanol–water partition coefficient (Wildman–Crippen LogP) is 2.05. The Morgan fingerprint density at radius 2 is 1.78 bits per heavy atom. The Balaban J connectivity index is 1.23. The minimum Gasteiger partial charge on any atom is -0.316 e. The summed E-state index contributed by atoms with van der Waals surface area (Å²) < 4.78 is 0. The van der Waals surface area contributed by atoms with Crippen LogP contribution in [0.5, 0.6) is 0 Å². The molecule has 4 saturated heterocycles. The summed E-state index contributed by atoms with van der Waals surface area (Å²) in [4.78, 5) is 5.61. The van der Waals surface area contributed by atoms with Crippen molar-refractivity contribution in [2.24, 2.45) is 23.7 Å². The number of piperidine rings is 2. The van der Waals surface area contributed by atoms with E-state index in [1.165, 1.54) is 57.7 Å². The van der Waals surface area contributed by atoms with Crippen molar-refractivity contribution >= 4 is 0 Å². The van der Waals surface area contributed by atoms with E-state index in [0.29, 0.717) is 0 Å². The number of hydrogen-bond acceptors (Lipinski definition) is 3. The number of benzene rings is 1. The molecule has 2 bridgehead atoms. The van der Waals surface area contributed by atoms with Crippen molar-refractivity contribution in [1.29, 1.82) is 0 Å². The van der Waals surface area contributed by atoms with Crippen LogP contribution in [0.2, 0.25) is 0 Å². The molecule has 1 aromatic rings. The summed E-state index contributed by atoms with van der Waals surface area (Å²) in [5, 5.41) is 3.54. The number of nitrogens with one attached hydrogen (secondary N) is 1. The monoisotopic (exact) mass is 311 g/mol. The molecule has 1 N–H and O–H groups in total. The van der Waals surface area contributed by atoms with Crippen LogP contribution < -0.4 is 5.32 Å². The van der Waals surface area contributed by atoms with Crippen LogP contribution in [0.4, 0.5) is 0 Å². The van der Waals surface area contributed by atoms with Crippen molar-refractivity contribution < 1.29 is 0 Å². The van der Waals surface area contributed by atoms with Crippen LogP contribution in [0, 0.1) is 23.7 Å². The van der Waals surface area contributed by atoms with Gasteiger partial charge in [-0.1, -0.05) is 30.3 Å². The lowest BCUT2D eigenvalue weighted by atomic mass is 9.94. The van der Waals surface area contributed by atoms with Crippen LogP contribution >= 0.6 is 0 Å². The van der Waals surface area contributed by atoms with Crippen LogP contribution in [0.25, 0.3) is 0 Å². The molecule has 6 rings (SSSR count). The van der Waals surface area contributed by atoms with E-state index in [-0.39, 0.29) is 0 Å². The molecule has 0 amide bonds. The molecule has 0 spiro atoms. The van der Waals surface area contributed by atoms with Crippen LogP contribution in [0.15, 0.2) is 30.3 Å². The summed E-state index contributed by atoms with van der Waals surface area (Å²) in [6, 6.07) is 11.8. The predicted molar refractivity (Wildman–Crippen MR) is 93.1 cm³/mol. The van der Waals surface area contributed by atoms with Gasteiger partial charge in [0.1, 0.15) is 0 Å². The first-order valence-corrected chi connectivity index (χ1v) is 9.58. The van der Waals surface area contributed by atoms with Gasteiger partial charge in [-0.15, -0.1) is 0 Å². The minimum atomic E-state index is 0.812. The second kappa shape index (κ2) is 5.87. The summed E-state index contributed by atoms with van der Waals surface area (Å²) in [7, 11) is 0. The maximum absolute atomic E-state index is 3.54. The van der Waals surface area contributed by atoms with Gasteiger partial charge in [-0.2, -0.15) is 0 Å². The minimum absolute atomic E-state index is 0.812. The molecular weight excluding hydrogens is 282 g/mol. The van der Waals surface area contributed by atoms with E-state index in [1.807, 2.05) is 0 Å². The fourth-order valence-electron chi connectivity index (χ4n) is 5.56. The number of hydrogen-bond donors (Lipinski definition) is 1. The molecule has 23 heavy (non-hydrogen) atoms. The van der Waals surface area contributed by atoms with Crippen LogP contribution in [-0.4, -0.2) is 55.1 Å². The van der Waals surface area contributed by atoms with Gasteiger partial charge in [0, 0.05) is 38.8 Å². The van der Waals surface area contributed by atoms with E-state index in [9.17, 15) is 0 Å². The van der Waals surface area contributed by atoms with Crippen LogP contribution in [0.3, 0.4) is 0 Å². The van der Waals surface area contributed by atoms with Gasteiger partial charge in [-0.05, 0) is 55.2 Å². The normalized spacial score (nSPS) is 40.1. The van der Waals surface area contributed by atoms with Crippen LogP contribution in [-0.2, 0) is 6.54 Å². The molecule has 1 aliphatic carbocycles. The first-order valence-electron chi connectivity index (χ1n) is 9.58. The summed E-state index contributed by atoms with van der Waals surface area (Å²) in [6.07, 6.45) is 2.88. The smallest absolute Gasteiger partial charge is 0.0234 e. The molecular formula is C20H29N3. The molecule has 4 atom stereocenters. The Hall–Kier alpha value is -0.900. The fourth-order valence-corrected chi connectivity index (χ4v) is 5.56. The van der Waals surface area contributed by atoms with E-state index < -0.39 is 0 Å². The van der Waals surface area contributed by atoms with Crippen molar-refractivity contribution in [3.8, 4) is 0 Å². The lowest BCUT2D eigenvalue weighted by Gasteiger charge is -2.36. The van der Waals surface area contributed by atoms with Gasteiger partial charge in [0.2, 0.25) is 0 Å². The maximum Gasteiger partial charge on any atom is 0.0234 e. The highest BCUT2D eigenvalue weighted by Gasteiger charge is 2.53. The van der Waals surface area contributed by atoms with Crippen molar-refractivity contribution in [1.82, 2.24) is 15.1 Å². The number of fused-ring (bicyclic) bond motifs is 5. The largest absolute Gasteiger partial charge is 0.316 e. The van der Waals surface area contributed by atoms with Gasteiger partial charge < -0.3 is 5.32 Å². The van der Waals surface area contributed by atoms with Gasteiger partial charge in [-0.25, -0.2) is 0 Å². The quantitative estimate of drug-likeness (QED) is 0.918. The summed E-state index contributed by atoms with van der Waals surface area (Å²) in [6.45, 7) is 9.05. The Morgan fingerprint density at radius 3 is 2.61 bits per heavy atom. The van der Waals surface area contributed by atoms with E-state index in [1.54, 1.807) is 0 Å². The molecule has 4 unspecified atom stereocenters. The van der Waals surface area contributed by atoms with E-state index in [0.717, 1.165) is 36.3 Å². The molecule has 5 fully saturated rings. The van der Waals surface area contributed by atoms with Crippen molar-refractivity contribution in [2.45, 2.75) is 25.4 Å². The topological polar surface area (TPSA) is 18.5 Å². The molecule has 1 aromatic carbocycles. The van der Waals surface area contributed by atoms with E-state index >= 15 is 0 Å². The van der Waals surface area contributed by atoms with Gasteiger partial charge in [0.25, 0.3) is 0 Å². The molecule has 3 nitrogen and oxygen atoms in total. The maximum atomic E-state index is 3.54. The summed E-state index contributed by atoms with van der Waals surface area (Å²) >= 11 is 0. The number of nitrogens with zero attached hydrogens (tertiary/aromatic N) is 2. The highest BCUT2D eigenvalue weighted by molar-refractivity contribution is 5.15. The zero-order valence-corrected chi connectivity index (χ0v) is 14.0. The lowest BCUT2D eigenvalue weighted by molar-refractivity contribution is 0.120. The van der Waals surface area contributed by atoms with Crippen molar-refractivity contribution in [3.05, 3.63) is 35.9 Å². The Morgan fingerprint density at radius 1 is 0.957 bits per heavy atom. The Labute approximate surface area is 140 Å². The standard InChI is InChI=1S/C20H29N3/c1-2-4-15(5-3-1)10-22-11-16-6-7-17(13-22)23(12-16)14-20-18-8-21-9-19(18)20/h1-5,16-21H,6-14H2. The molecule has 5 aliphatic rings. The SMILES string of the molecule is c1ccc(CN2CC3CCC(C2)N(CC2C4CNCC42)C3)cc1. The average Bonchev–Trinajstić information content (AvgIpc) is 3.10. The first-order chi connectivity index (χ1) is 11.4. The highest BCUT2D eigenvalue weighted by Crippen LogP contribution is 2.49. The first kappa shape index (κ1) is 14.4. The third kappa shape index (κ3) is 2.84. The second-order valence-corrected chi connectivity index (χ2v) is 8.38. The molecule has 0 aromatic heterocycles. The molecule has 4 aliphatic heterocycles. The van der Waals surface area contributed by atoms with Gasteiger partial charge in [0.05, 0.1) is 0 Å². The van der Waals surface area contributed by atoms with Gasteiger partial charge >= 0.3 is 0 Å². The highest BCUT2D eigenvalue weighted by atomic mass is 15.3. The molecule has 124 valence electrons. The Bertz CT molecular complexity index is 535. The van der Waals surface area contributed by atoms with Crippen molar-refractivity contribution in [3.63, 3.8) is 0 Å². The molecule has 0 radical (unpaired) electrons. The average molecular weight is 311 g/mol. The van der Waals surface area contributed by atoms with Gasteiger partial charge in [0.15, 0.2) is 0 Å². The molecule has 1 saturated carbocycles. The zero-order valence-electron chi connectivity index (χ0n) is 14.0. The molecule has 4 heterocycles. The van der Waals surface area contributed by atoms with Crippen molar-refractivity contribution in [2.75, 3.05) is 39.3 Å². The lowest BCUT2D eigenvalue weighted by Crippen LogP contribution is -2.45. The Kier molecular flexibility index (Phi) is 3.69. The summed E-state index contributed by atoms with van der Waals surface area (Å²) in [5.41, 5.74) is 1.48. The second-order valence-electron chi connectivity index (χ2n) is 8.38. The van der Waals surface area contributed by atoms with E-state index in [4.69, 9.17) is 0 Å². The third-order valence-corrected chi connectivity index (χ3v) is 6.87. The third-order valence-electron chi connectivity index (χ3n) is 6.87. The molecule has 3 heteroatoms. The van der Waals surface area contributed by atoms with Gasteiger partial charge in [-0.3, -0.25) is 9.80 Å².